The van der Waals surface area contributed by atoms with Crippen molar-refractivity contribution < 1.29 is 13.2 Å². The van der Waals surface area contributed by atoms with Gasteiger partial charge in [-0.05, 0) is 48.9 Å². The number of anilines is 1. The minimum absolute atomic E-state index is 0.124. The minimum atomic E-state index is -3.73. The van der Waals surface area contributed by atoms with Crippen molar-refractivity contribution in [1.29, 1.82) is 0 Å². The maximum absolute atomic E-state index is 12.4. The van der Waals surface area contributed by atoms with Crippen LogP contribution in [0.4, 0.5) is 5.69 Å². The van der Waals surface area contributed by atoms with Gasteiger partial charge in [0.1, 0.15) is 0 Å². The molecule has 2 aromatic carbocycles. The molecule has 0 radical (unpaired) electrons. The lowest BCUT2D eigenvalue weighted by molar-refractivity contribution is -0.116. The molecule has 0 aliphatic rings. The van der Waals surface area contributed by atoms with Crippen molar-refractivity contribution in [3.05, 3.63) is 57.5 Å². The Kier molecular flexibility index (Phi) is 6.03. The molecule has 24 heavy (non-hydrogen) atoms. The fourth-order valence-electron chi connectivity index (χ4n) is 1.94. The molecular formula is C16H16BrClN2O3S. The number of aryl methyl sites for hydroxylation is 1. The molecule has 2 aromatic rings. The summed E-state index contributed by atoms with van der Waals surface area (Å²) in [7, 11) is -2.37. The Hall–Kier alpha value is -1.41. The maximum atomic E-state index is 12.4. The van der Waals surface area contributed by atoms with Crippen molar-refractivity contribution in [2.24, 2.45) is 0 Å². The molecule has 0 heterocycles. The van der Waals surface area contributed by atoms with Gasteiger partial charge in [0.05, 0.1) is 11.4 Å². The Bertz CT molecular complexity index is 854. The van der Waals surface area contributed by atoms with E-state index in [4.69, 9.17) is 11.6 Å². The molecule has 0 aliphatic carbocycles. The number of nitrogens with zero attached hydrogens (tertiary/aromatic N) is 1. The van der Waals surface area contributed by atoms with Gasteiger partial charge in [-0.15, -0.1) is 0 Å². The Balaban J connectivity index is 2.07. The van der Waals surface area contributed by atoms with Crippen LogP contribution in [0.15, 0.2) is 51.8 Å². The minimum Gasteiger partial charge on any atom is -0.325 e. The quantitative estimate of drug-likeness (QED) is 0.785. The Morgan fingerprint density at radius 3 is 2.42 bits per heavy atom. The predicted molar refractivity (Wildman–Crippen MR) is 98.8 cm³/mol. The molecule has 1 amide bonds. The molecule has 0 fully saturated rings. The number of amides is 1. The first-order chi connectivity index (χ1) is 11.2. The van der Waals surface area contributed by atoms with Crippen molar-refractivity contribution in [1.82, 2.24) is 4.31 Å². The second-order valence-electron chi connectivity index (χ2n) is 5.23. The van der Waals surface area contributed by atoms with Crippen LogP contribution < -0.4 is 5.32 Å². The highest BCUT2D eigenvalue weighted by Crippen LogP contribution is 2.20. The van der Waals surface area contributed by atoms with Crippen LogP contribution in [0.1, 0.15) is 5.56 Å². The lowest BCUT2D eigenvalue weighted by atomic mass is 10.2. The summed E-state index contributed by atoms with van der Waals surface area (Å²) in [6.07, 6.45) is 0. The molecule has 2 rings (SSSR count). The second-order valence-corrected chi connectivity index (χ2v) is 8.59. The summed E-state index contributed by atoms with van der Waals surface area (Å²) in [5.74, 6) is -0.446. The molecule has 0 saturated carbocycles. The van der Waals surface area contributed by atoms with Crippen LogP contribution in [-0.4, -0.2) is 32.2 Å². The molecule has 0 bridgehead atoms. The van der Waals surface area contributed by atoms with Crippen LogP contribution in [0.3, 0.4) is 0 Å². The average molecular weight is 432 g/mol. The fraction of sp³-hybridized carbons (Fsp3) is 0.188. The van der Waals surface area contributed by atoms with E-state index in [1.165, 1.54) is 19.2 Å². The zero-order valence-electron chi connectivity index (χ0n) is 13.1. The first kappa shape index (κ1) is 18.9. The van der Waals surface area contributed by atoms with Crippen molar-refractivity contribution >= 4 is 49.1 Å². The molecule has 1 N–H and O–H groups in total. The summed E-state index contributed by atoms with van der Waals surface area (Å²) in [6, 6.07) is 11.3. The van der Waals surface area contributed by atoms with Crippen molar-refractivity contribution in [2.75, 3.05) is 18.9 Å². The largest absolute Gasteiger partial charge is 0.325 e. The number of benzene rings is 2. The van der Waals surface area contributed by atoms with Gasteiger partial charge in [0.15, 0.2) is 0 Å². The highest BCUT2D eigenvalue weighted by molar-refractivity contribution is 9.10. The molecule has 0 spiro atoms. The highest BCUT2D eigenvalue weighted by Gasteiger charge is 2.22. The van der Waals surface area contributed by atoms with Crippen molar-refractivity contribution in [3.8, 4) is 0 Å². The Morgan fingerprint density at radius 2 is 1.83 bits per heavy atom. The van der Waals surface area contributed by atoms with Gasteiger partial charge in [-0.25, -0.2) is 8.42 Å². The molecule has 0 unspecified atom stereocenters. The Labute approximate surface area is 154 Å². The predicted octanol–water partition coefficient (Wildman–Crippen LogP) is 3.67. The number of sulfonamides is 1. The lowest BCUT2D eigenvalue weighted by Gasteiger charge is -2.17. The first-order valence-electron chi connectivity index (χ1n) is 6.98. The van der Waals surface area contributed by atoms with E-state index in [9.17, 15) is 13.2 Å². The first-order valence-corrected chi connectivity index (χ1v) is 9.59. The van der Waals surface area contributed by atoms with Crippen LogP contribution in [0.5, 0.6) is 0 Å². The van der Waals surface area contributed by atoms with Gasteiger partial charge < -0.3 is 5.32 Å². The summed E-state index contributed by atoms with van der Waals surface area (Å²) in [5.41, 5.74) is 1.41. The van der Waals surface area contributed by atoms with Crippen molar-refractivity contribution in [3.63, 3.8) is 0 Å². The molecule has 0 saturated heterocycles. The topological polar surface area (TPSA) is 66.5 Å². The molecule has 0 aliphatic heterocycles. The maximum Gasteiger partial charge on any atom is 0.243 e. The van der Waals surface area contributed by atoms with Gasteiger partial charge >= 0.3 is 0 Å². The molecular weight excluding hydrogens is 416 g/mol. The molecule has 0 atom stereocenters. The number of carbonyl (C=O) groups is 1. The van der Waals surface area contributed by atoms with Gasteiger partial charge in [0, 0.05) is 22.2 Å². The van der Waals surface area contributed by atoms with Crippen LogP contribution in [0, 0.1) is 6.92 Å². The fourth-order valence-corrected chi connectivity index (χ4v) is 3.52. The normalized spacial score (nSPS) is 11.5. The SMILES string of the molecule is Cc1ccc(NC(=O)CN(C)S(=O)(=O)c2ccc(Br)cc2)cc1Cl. The molecule has 5 nitrogen and oxygen atoms in total. The zero-order valence-corrected chi connectivity index (χ0v) is 16.2. The summed E-state index contributed by atoms with van der Waals surface area (Å²) < 4.78 is 26.7. The van der Waals surface area contributed by atoms with E-state index in [0.29, 0.717) is 10.7 Å². The van der Waals surface area contributed by atoms with Gasteiger partial charge in [0.25, 0.3) is 0 Å². The number of nitrogens with one attached hydrogen (secondary N) is 1. The van der Waals surface area contributed by atoms with E-state index in [-0.39, 0.29) is 11.4 Å². The number of hydrogen-bond donors (Lipinski definition) is 1. The third kappa shape index (κ3) is 4.57. The van der Waals surface area contributed by atoms with Crippen LogP contribution in [0.2, 0.25) is 5.02 Å². The molecule has 8 heteroatoms. The molecule has 128 valence electrons. The van der Waals surface area contributed by atoms with Crippen LogP contribution in [0.25, 0.3) is 0 Å². The van der Waals surface area contributed by atoms with E-state index >= 15 is 0 Å². The van der Waals surface area contributed by atoms with Gasteiger partial charge in [-0.3, -0.25) is 4.79 Å². The number of rotatable bonds is 5. The third-order valence-electron chi connectivity index (χ3n) is 3.34. The number of hydrogen-bond acceptors (Lipinski definition) is 3. The lowest BCUT2D eigenvalue weighted by Crippen LogP contribution is -2.34. The van der Waals surface area contributed by atoms with E-state index in [1.54, 1.807) is 30.3 Å². The van der Waals surface area contributed by atoms with E-state index in [2.05, 4.69) is 21.2 Å². The van der Waals surface area contributed by atoms with E-state index < -0.39 is 15.9 Å². The van der Waals surface area contributed by atoms with Crippen molar-refractivity contribution in [2.45, 2.75) is 11.8 Å². The number of carbonyl (C=O) groups excluding carboxylic acids is 1. The van der Waals surface area contributed by atoms with Crippen LogP contribution >= 0.6 is 27.5 Å². The van der Waals surface area contributed by atoms with Gasteiger partial charge in [0.2, 0.25) is 15.9 Å². The smallest absolute Gasteiger partial charge is 0.243 e. The zero-order chi connectivity index (χ0) is 17.9. The third-order valence-corrected chi connectivity index (χ3v) is 6.10. The highest BCUT2D eigenvalue weighted by atomic mass is 79.9. The van der Waals surface area contributed by atoms with Gasteiger partial charge in [-0.2, -0.15) is 4.31 Å². The summed E-state index contributed by atoms with van der Waals surface area (Å²) in [6.45, 7) is 1.55. The van der Waals surface area contributed by atoms with Gasteiger partial charge in [-0.1, -0.05) is 33.6 Å². The summed E-state index contributed by atoms with van der Waals surface area (Å²) in [4.78, 5) is 12.2. The standard InChI is InChI=1S/C16H16BrClN2O3S/c1-11-3-6-13(9-15(11)18)19-16(21)10-20(2)24(22,23)14-7-4-12(17)5-8-14/h3-9H,10H2,1-2H3,(H,19,21). The molecule has 0 aromatic heterocycles. The van der Waals surface area contributed by atoms with E-state index in [0.717, 1.165) is 14.3 Å². The Morgan fingerprint density at radius 1 is 1.21 bits per heavy atom. The summed E-state index contributed by atoms with van der Waals surface area (Å²) in [5, 5.41) is 3.17. The number of halogens is 2. The second kappa shape index (κ2) is 7.65. The average Bonchev–Trinajstić information content (AvgIpc) is 2.51. The van der Waals surface area contributed by atoms with Crippen LogP contribution in [-0.2, 0) is 14.8 Å². The van der Waals surface area contributed by atoms with E-state index in [1.807, 2.05) is 6.92 Å². The number of likely N-dealkylation sites (N-methyl/N-ethyl adjacent to an activating group) is 1. The monoisotopic (exact) mass is 430 g/mol. The summed E-state index contributed by atoms with van der Waals surface area (Å²) >= 11 is 9.26.